The van der Waals surface area contributed by atoms with Crippen molar-refractivity contribution in [3.8, 4) is 0 Å². The Morgan fingerprint density at radius 2 is 0.883 bits per heavy atom. The molecule has 0 bridgehead atoms. The van der Waals surface area contributed by atoms with E-state index in [1.807, 2.05) is 12.1 Å². The van der Waals surface area contributed by atoms with Gasteiger partial charge in [-0.1, -0.05) is 153 Å². The van der Waals surface area contributed by atoms with Crippen LogP contribution in [0.5, 0.6) is 0 Å². The Bertz CT molecular complexity index is 3040. The number of fused-ring (bicyclic) bond motifs is 4. The van der Waals surface area contributed by atoms with Gasteiger partial charge in [-0.15, -0.1) is 0 Å². The molecule has 294 valence electrons. The maximum atomic E-state index is 15.6. The lowest BCUT2D eigenvalue weighted by molar-refractivity contribution is -0.119. The first kappa shape index (κ1) is 37.1. The Hall–Kier alpha value is -7.18. The molecule has 1 aliphatic heterocycles. The van der Waals surface area contributed by atoms with Crippen molar-refractivity contribution >= 4 is 54.7 Å². The number of benzene rings is 8. The van der Waals surface area contributed by atoms with Crippen molar-refractivity contribution in [1.82, 2.24) is 20.0 Å². The minimum atomic E-state index is -0.151. The molecule has 8 aromatic carbocycles. The fourth-order valence-corrected chi connectivity index (χ4v) is 9.08. The zero-order chi connectivity index (χ0) is 40.6. The van der Waals surface area contributed by atoms with Gasteiger partial charge in [-0.25, -0.2) is 0 Å². The van der Waals surface area contributed by atoms with Crippen LogP contribution in [-0.4, -0.2) is 39.5 Å². The van der Waals surface area contributed by atoms with E-state index in [0.717, 1.165) is 55.6 Å². The quantitative estimate of drug-likeness (QED) is 0.125. The van der Waals surface area contributed by atoms with Gasteiger partial charge in [-0.3, -0.25) is 9.59 Å². The number of Topliss-reactive ketones (excluding diaryl/α,β-unsaturated/α-hetero) is 2. The Morgan fingerprint density at radius 3 is 1.37 bits per heavy atom. The molecule has 0 unspecified atom stereocenters. The summed E-state index contributed by atoms with van der Waals surface area (Å²) in [6, 6.07) is 59.1. The van der Waals surface area contributed by atoms with Gasteiger partial charge in [0.1, 0.15) is 22.8 Å². The maximum Gasteiger partial charge on any atom is 0.229 e. The SMILES string of the molecule is CCCN(Cc1ccc2ccccc2c1)C1=C(NCc2ccc3ccccc3c2)C(=O)C2=C(C1=O)N(Cc1ccc3ccccc3c1)CN2Cc1ccc2ccccc2c1. The summed E-state index contributed by atoms with van der Waals surface area (Å²) >= 11 is 0. The van der Waals surface area contributed by atoms with Crippen LogP contribution >= 0.6 is 0 Å². The summed E-state index contributed by atoms with van der Waals surface area (Å²) in [5, 5.41) is 12.8. The van der Waals surface area contributed by atoms with Crippen LogP contribution in [0, 0.1) is 0 Å². The highest BCUT2D eigenvalue weighted by Gasteiger charge is 2.45. The van der Waals surface area contributed by atoms with Crippen molar-refractivity contribution in [2.24, 2.45) is 0 Å². The molecule has 0 atom stereocenters. The highest BCUT2D eigenvalue weighted by molar-refractivity contribution is 6.24. The van der Waals surface area contributed by atoms with Crippen LogP contribution in [0.3, 0.4) is 0 Å². The normalized spacial score (nSPS) is 14.3. The van der Waals surface area contributed by atoms with Gasteiger partial charge in [0.15, 0.2) is 0 Å². The first-order valence-corrected chi connectivity index (χ1v) is 21.0. The van der Waals surface area contributed by atoms with E-state index < -0.39 is 0 Å². The molecule has 1 heterocycles. The molecule has 10 rings (SSSR count). The molecule has 0 aromatic heterocycles. The topological polar surface area (TPSA) is 55.9 Å². The van der Waals surface area contributed by atoms with Gasteiger partial charge >= 0.3 is 0 Å². The first-order valence-electron chi connectivity index (χ1n) is 21.0. The predicted molar refractivity (Wildman–Crippen MR) is 243 cm³/mol. The second-order valence-corrected chi connectivity index (χ2v) is 16.1. The molecule has 1 N–H and O–H groups in total. The summed E-state index contributed by atoms with van der Waals surface area (Å²) in [7, 11) is 0. The predicted octanol–water partition coefficient (Wildman–Crippen LogP) is 10.9. The lowest BCUT2D eigenvalue weighted by atomic mass is 9.95. The van der Waals surface area contributed by atoms with Crippen molar-refractivity contribution in [3.05, 3.63) is 215 Å². The molecule has 0 saturated heterocycles. The molecule has 0 fully saturated rings. The van der Waals surface area contributed by atoms with Crippen LogP contribution in [0.15, 0.2) is 193 Å². The molecule has 6 heteroatoms. The minimum Gasteiger partial charge on any atom is -0.376 e. The summed E-state index contributed by atoms with van der Waals surface area (Å²) in [6.45, 7) is 5.00. The van der Waals surface area contributed by atoms with Gasteiger partial charge < -0.3 is 20.0 Å². The minimum absolute atomic E-state index is 0.123. The van der Waals surface area contributed by atoms with Crippen molar-refractivity contribution < 1.29 is 9.59 Å². The van der Waals surface area contributed by atoms with Crippen LogP contribution in [0.4, 0.5) is 0 Å². The molecular formula is C54H46N4O2. The average molecular weight is 783 g/mol. The number of ketones is 2. The lowest BCUT2D eigenvalue weighted by Gasteiger charge is -2.33. The van der Waals surface area contributed by atoms with Crippen LogP contribution in [0.25, 0.3) is 43.1 Å². The van der Waals surface area contributed by atoms with Crippen molar-refractivity contribution in [1.29, 1.82) is 0 Å². The highest BCUT2D eigenvalue weighted by Crippen LogP contribution is 2.38. The number of carbonyl (C=O) groups is 2. The summed E-state index contributed by atoms with van der Waals surface area (Å²) in [5.74, 6) is -0.275. The number of hydrogen-bond acceptors (Lipinski definition) is 6. The molecule has 2 aliphatic rings. The number of hydrogen-bond donors (Lipinski definition) is 1. The van der Waals surface area contributed by atoms with E-state index in [1.165, 1.54) is 16.2 Å². The maximum absolute atomic E-state index is 15.6. The molecule has 0 saturated carbocycles. The van der Waals surface area contributed by atoms with Crippen molar-refractivity contribution in [2.45, 2.75) is 39.5 Å². The van der Waals surface area contributed by atoms with E-state index >= 15 is 9.59 Å². The van der Waals surface area contributed by atoms with E-state index in [4.69, 9.17) is 0 Å². The van der Waals surface area contributed by atoms with Gasteiger partial charge in [-0.2, -0.15) is 0 Å². The molecular weight excluding hydrogens is 737 g/mol. The van der Waals surface area contributed by atoms with Gasteiger partial charge in [0.25, 0.3) is 0 Å². The average Bonchev–Trinajstić information content (AvgIpc) is 3.64. The van der Waals surface area contributed by atoms with Crippen molar-refractivity contribution in [3.63, 3.8) is 0 Å². The van der Waals surface area contributed by atoms with E-state index in [1.54, 1.807) is 0 Å². The van der Waals surface area contributed by atoms with Crippen molar-refractivity contribution in [2.75, 3.05) is 13.2 Å². The third-order valence-electron chi connectivity index (χ3n) is 12.0. The Kier molecular flexibility index (Phi) is 9.82. The van der Waals surface area contributed by atoms with Gasteiger partial charge in [0.2, 0.25) is 11.6 Å². The monoisotopic (exact) mass is 782 g/mol. The second kappa shape index (κ2) is 15.9. The Labute approximate surface area is 350 Å². The summed E-state index contributed by atoms with van der Waals surface area (Å²) in [5.41, 5.74) is 6.01. The van der Waals surface area contributed by atoms with Crippen LogP contribution in [-0.2, 0) is 35.8 Å². The van der Waals surface area contributed by atoms with Crippen LogP contribution in [0.1, 0.15) is 35.6 Å². The number of rotatable bonds is 12. The smallest absolute Gasteiger partial charge is 0.229 e. The van der Waals surface area contributed by atoms with Gasteiger partial charge in [-0.05, 0) is 96.0 Å². The number of nitrogens with zero attached hydrogens (tertiary/aromatic N) is 3. The molecule has 0 radical (unpaired) electrons. The molecule has 8 aromatic rings. The van der Waals surface area contributed by atoms with E-state index in [9.17, 15) is 0 Å². The summed E-state index contributed by atoms with van der Waals surface area (Å²) < 4.78 is 0. The third-order valence-corrected chi connectivity index (χ3v) is 12.0. The van der Waals surface area contributed by atoms with E-state index in [0.29, 0.717) is 62.2 Å². The number of carbonyl (C=O) groups excluding carboxylic acids is 2. The van der Waals surface area contributed by atoms with Gasteiger partial charge in [0, 0.05) is 32.7 Å². The Morgan fingerprint density at radius 1 is 0.483 bits per heavy atom. The second-order valence-electron chi connectivity index (χ2n) is 16.1. The molecule has 60 heavy (non-hydrogen) atoms. The van der Waals surface area contributed by atoms with E-state index in [-0.39, 0.29) is 11.6 Å². The van der Waals surface area contributed by atoms with E-state index in [2.05, 4.69) is 185 Å². The fraction of sp³-hybridized carbons (Fsp3) is 0.148. The molecule has 0 amide bonds. The van der Waals surface area contributed by atoms with Crippen LogP contribution in [0.2, 0.25) is 0 Å². The third kappa shape index (κ3) is 7.15. The summed E-state index contributed by atoms with van der Waals surface area (Å²) in [4.78, 5) is 37.5. The Balaban J connectivity index is 1.07. The van der Waals surface area contributed by atoms with Crippen LogP contribution < -0.4 is 5.32 Å². The highest BCUT2D eigenvalue weighted by atomic mass is 16.1. The fourth-order valence-electron chi connectivity index (χ4n) is 9.08. The lowest BCUT2D eigenvalue weighted by Crippen LogP contribution is -2.41. The standard InChI is InChI=1S/C54H46N4O2/c1-2-27-56(33-38-20-24-42-12-4-8-16-46(42)29-38)50-49(55-32-37-19-23-41-11-3-7-15-45(41)28-37)53(59)51-52(54(50)60)58(35-40-22-26-44-14-6-10-18-48(44)31-40)36-57(51)34-39-21-25-43-13-5-9-17-47(43)30-39/h3-26,28-31,55H,2,27,32-36H2,1H3. The zero-order valence-corrected chi connectivity index (χ0v) is 33.8. The molecule has 1 aliphatic carbocycles. The first-order chi connectivity index (χ1) is 29.5. The largest absolute Gasteiger partial charge is 0.376 e. The van der Waals surface area contributed by atoms with Gasteiger partial charge in [0.05, 0.1) is 6.67 Å². The summed E-state index contributed by atoms with van der Waals surface area (Å²) in [6.07, 6.45) is 0.803. The zero-order valence-electron chi connectivity index (χ0n) is 33.8. The number of nitrogens with one attached hydrogen (secondary N) is 1. The molecule has 6 nitrogen and oxygen atoms in total. The molecule has 0 spiro atoms.